The number of aromatic nitrogens is 1. The first kappa shape index (κ1) is 13.7. The van der Waals surface area contributed by atoms with E-state index in [1.165, 1.54) is 12.8 Å². The minimum atomic E-state index is 0.637. The molecule has 0 bridgehead atoms. The minimum Gasteiger partial charge on any atom is -0.381 e. The van der Waals surface area contributed by atoms with E-state index in [2.05, 4.69) is 41.2 Å². The van der Waals surface area contributed by atoms with Crippen molar-refractivity contribution in [1.82, 2.24) is 4.98 Å². The molecule has 1 aliphatic carbocycles. The predicted octanol–water partition coefficient (Wildman–Crippen LogP) is 2.76. The van der Waals surface area contributed by atoms with E-state index in [1.807, 2.05) is 6.20 Å². The molecule has 0 spiro atoms. The summed E-state index contributed by atoms with van der Waals surface area (Å²) in [6.45, 7) is 8.14. The summed E-state index contributed by atoms with van der Waals surface area (Å²) in [6.07, 6.45) is 4.55. The Kier molecular flexibility index (Phi) is 4.10. The molecule has 2 aliphatic rings. The van der Waals surface area contributed by atoms with Crippen LogP contribution in [-0.2, 0) is 4.74 Å². The molecule has 4 nitrogen and oxygen atoms in total. The molecule has 0 atom stereocenters. The zero-order valence-corrected chi connectivity index (χ0v) is 12.5. The zero-order chi connectivity index (χ0) is 13.9. The first-order chi connectivity index (χ1) is 9.72. The Morgan fingerprint density at radius 3 is 2.60 bits per heavy atom. The summed E-state index contributed by atoms with van der Waals surface area (Å²) >= 11 is 0. The van der Waals surface area contributed by atoms with E-state index in [0.29, 0.717) is 6.04 Å². The number of ether oxygens (including phenoxy) is 1. The standard InChI is InChI=1S/C16H25N3O/c1-12(2)13-9-15(10-13)18-14-3-4-16(17-11-14)19-5-7-20-8-6-19/h3-4,11-13,15,18H,5-10H2,1-2H3. The van der Waals surface area contributed by atoms with Crippen molar-refractivity contribution in [3.8, 4) is 0 Å². The van der Waals surface area contributed by atoms with Gasteiger partial charge in [0, 0.05) is 19.1 Å². The largest absolute Gasteiger partial charge is 0.381 e. The molecule has 1 N–H and O–H groups in total. The second-order valence-electron chi connectivity index (χ2n) is 6.32. The molecule has 1 aliphatic heterocycles. The second kappa shape index (κ2) is 6.00. The van der Waals surface area contributed by atoms with Crippen LogP contribution in [0.25, 0.3) is 0 Å². The molecule has 1 aromatic rings. The number of morpholine rings is 1. The quantitative estimate of drug-likeness (QED) is 0.917. The van der Waals surface area contributed by atoms with Crippen molar-refractivity contribution in [3.05, 3.63) is 18.3 Å². The van der Waals surface area contributed by atoms with Gasteiger partial charge in [0.15, 0.2) is 0 Å². The third kappa shape index (κ3) is 3.06. The van der Waals surface area contributed by atoms with Crippen LogP contribution in [0, 0.1) is 11.8 Å². The van der Waals surface area contributed by atoms with Crippen molar-refractivity contribution in [3.63, 3.8) is 0 Å². The van der Waals surface area contributed by atoms with Gasteiger partial charge in [-0.05, 0) is 36.8 Å². The summed E-state index contributed by atoms with van der Waals surface area (Å²) in [6, 6.07) is 4.91. The average molecular weight is 275 g/mol. The van der Waals surface area contributed by atoms with Gasteiger partial charge >= 0.3 is 0 Å². The number of pyridine rings is 1. The third-order valence-corrected chi connectivity index (χ3v) is 4.57. The number of nitrogens with zero attached hydrogens (tertiary/aromatic N) is 2. The summed E-state index contributed by atoms with van der Waals surface area (Å²) < 4.78 is 5.37. The normalized spacial score (nSPS) is 26.4. The number of rotatable bonds is 4. The summed E-state index contributed by atoms with van der Waals surface area (Å²) in [5.41, 5.74) is 1.15. The van der Waals surface area contributed by atoms with Crippen LogP contribution < -0.4 is 10.2 Å². The van der Waals surface area contributed by atoms with Crippen molar-refractivity contribution in [1.29, 1.82) is 0 Å². The molecule has 2 fully saturated rings. The number of hydrogen-bond acceptors (Lipinski definition) is 4. The zero-order valence-electron chi connectivity index (χ0n) is 12.5. The molecule has 0 radical (unpaired) electrons. The lowest BCUT2D eigenvalue weighted by atomic mass is 9.73. The van der Waals surface area contributed by atoms with Gasteiger partial charge in [-0.1, -0.05) is 13.8 Å². The first-order valence-corrected chi connectivity index (χ1v) is 7.77. The molecule has 1 saturated heterocycles. The highest BCUT2D eigenvalue weighted by Gasteiger charge is 2.30. The van der Waals surface area contributed by atoms with Gasteiger partial charge in [-0.25, -0.2) is 4.98 Å². The Hall–Kier alpha value is -1.29. The Morgan fingerprint density at radius 2 is 2.00 bits per heavy atom. The molecule has 1 aromatic heterocycles. The van der Waals surface area contributed by atoms with E-state index in [-0.39, 0.29) is 0 Å². The number of nitrogens with one attached hydrogen (secondary N) is 1. The maximum atomic E-state index is 5.37. The van der Waals surface area contributed by atoms with Gasteiger partial charge < -0.3 is 15.0 Å². The van der Waals surface area contributed by atoms with Gasteiger partial charge in [0.25, 0.3) is 0 Å². The molecule has 3 rings (SSSR count). The van der Waals surface area contributed by atoms with Crippen molar-refractivity contribution in [2.45, 2.75) is 32.7 Å². The number of anilines is 2. The van der Waals surface area contributed by atoms with Crippen LogP contribution in [-0.4, -0.2) is 37.3 Å². The monoisotopic (exact) mass is 275 g/mol. The van der Waals surface area contributed by atoms with Crippen LogP contribution in [0.2, 0.25) is 0 Å². The maximum absolute atomic E-state index is 5.37. The third-order valence-electron chi connectivity index (χ3n) is 4.57. The Morgan fingerprint density at radius 1 is 1.25 bits per heavy atom. The molecular formula is C16H25N3O. The molecule has 110 valence electrons. The van der Waals surface area contributed by atoms with Gasteiger partial charge in [-0.2, -0.15) is 0 Å². The Labute approximate surface area is 121 Å². The van der Waals surface area contributed by atoms with E-state index in [4.69, 9.17) is 4.74 Å². The van der Waals surface area contributed by atoms with E-state index in [9.17, 15) is 0 Å². The van der Waals surface area contributed by atoms with Crippen molar-refractivity contribution < 1.29 is 4.74 Å². The fraction of sp³-hybridized carbons (Fsp3) is 0.688. The molecule has 0 aromatic carbocycles. The molecule has 0 amide bonds. The van der Waals surface area contributed by atoms with Crippen molar-refractivity contribution in [2.24, 2.45) is 11.8 Å². The van der Waals surface area contributed by atoms with Gasteiger partial charge in [0.2, 0.25) is 0 Å². The SMILES string of the molecule is CC(C)C1CC(Nc2ccc(N3CCOCC3)nc2)C1. The van der Waals surface area contributed by atoms with E-state index in [1.54, 1.807) is 0 Å². The fourth-order valence-electron chi connectivity index (χ4n) is 3.01. The van der Waals surface area contributed by atoms with Gasteiger partial charge in [0.1, 0.15) is 5.82 Å². The van der Waals surface area contributed by atoms with Gasteiger partial charge in [0.05, 0.1) is 25.1 Å². The van der Waals surface area contributed by atoms with Gasteiger partial charge in [-0.15, -0.1) is 0 Å². The first-order valence-electron chi connectivity index (χ1n) is 7.77. The van der Waals surface area contributed by atoms with E-state index >= 15 is 0 Å². The number of hydrogen-bond donors (Lipinski definition) is 1. The topological polar surface area (TPSA) is 37.4 Å². The van der Waals surface area contributed by atoms with Crippen LogP contribution in [0.1, 0.15) is 26.7 Å². The fourth-order valence-corrected chi connectivity index (χ4v) is 3.01. The van der Waals surface area contributed by atoms with Crippen LogP contribution in [0.3, 0.4) is 0 Å². The lowest BCUT2D eigenvalue weighted by molar-refractivity contribution is 0.122. The van der Waals surface area contributed by atoms with Crippen LogP contribution in [0.15, 0.2) is 18.3 Å². The molecule has 1 saturated carbocycles. The minimum absolute atomic E-state index is 0.637. The predicted molar refractivity (Wildman–Crippen MR) is 82.2 cm³/mol. The van der Waals surface area contributed by atoms with Crippen LogP contribution >= 0.6 is 0 Å². The molecular weight excluding hydrogens is 250 g/mol. The molecule has 20 heavy (non-hydrogen) atoms. The van der Waals surface area contributed by atoms with Crippen molar-refractivity contribution in [2.75, 3.05) is 36.5 Å². The highest BCUT2D eigenvalue weighted by atomic mass is 16.5. The maximum Gasteiger partial charge on any atom is 0.128 e. The van der Waals surface area contributed by atoms with E-state index in [0.717, 1.165) is 49.6 Å². The summed E-state index contributed by atoms with van der Waals surface area (Å²) in [4.78, 5) is 6.86. The molecule has 2 heterocycles. The molecule has 4 heteroatoms. The Bertz CT molecular complexity index is 420. The average Bonchev–Trinajstić information content (AvgIpc) is 2.43. The highest BCUT2D eigenvalue weighted by Crippen LogP contribution is 2.35. The molecule has 0 unspecified atom stereocenters. The summed E-state index contributed by atoms with van der Waals surface area (Å²) in [5.74, 6) is 2.77. The summed E-state index contributed by atoms with van der Waals surface area (Å²) in [7, 11) is 0. The van der Waals surface area contributed by atoms with E-state index < -0.39 is 0 Å². The summed E-state index contributed by atoms with van der Waals surface area (Å²) in [5, 5.41) is 3.59. The highest BCUT2D eigenvalue weighted by molar-refractivity contribution is 5.49. The van der Waals surface area contributed by atoms with Crippen LogP contribution in [0.4, 0.5) is 11.5 Å². The lowest BCUT2D eigenvalue weighted by Gasteiger charge is -2.39. The van der Waals surface area contributed by atoms with Crippen LogP contribution in [0.5, 0.6) is 0 Å². The second-order valence-corrected chi connectivity index (χ2v) is 6.32. The Balaban J connectivity index is 1.52. The lowest BCUT2D eigenvalue weighted by Crippen LogP contribution is -2.38. The van der Waals surface area contributed by atoms with Gasteiger partial charge in [-0.3, -0.25) is 0 Å². The smallest absolute Gasteiger partial charge is 0.128 e. The van der Waals surface area contributed by atoms with Crippen molar-refractivity contribution >= 4 is 11.5 Å².